The van der Waals surface area contributed by atoms with Crippen molar-refractivity contribution in [2.24, 2.45) is 0 Å². The highest BCUT2D eigenvalue weighted by atomic mass is 32.1. The lowest BCUT2D eigenvalue weighted by Gasteiger charge is -2.16. The zero-order valence-electron chi connectivity index (χ0n) is 19.3. The number of nitro groups is 1. The molecule has 4 aromatic rings. The molecule has 5 rings (SSSR count). The summed E-state index contributed by atoms with van der Waals surface area (Å²) >= 11 is 0.732. The molecule has 0 saturated carbocycles. The lowest BCUT2D eigenvalue weighted by molar-refractivity contribution is -0.380. The number of halogens is 1. The number of rotatable bonds is 6. The van der Waals surface area contributed by atoms with Gasteiger partial charge in [0.15, 0.2) is 11.5 Å². The van der Waals surface area contributed by atoms with Crippen molar-refractivity contribution in [3.63, 3.8) is 0 Å². The first-order chi connectivity index (χ1) is 17.8. The van der Waals surface area contributed by atoms with Gasteiger partial charge in [0.25, 0.3) is 5.91 Å². The lowest BCUT2D eigenvalue weighted by Crippen LogP contribution is -2.29. The minimum atomic E-state index is -0.673. The highest BCUT2D eigenvalue weighted by Gasteiger charge is 2.31. The molecular weight excluding hydrogens is 507 g/mol. The van der Waals surface area contributed by atoms with Gasteiger partial charge >= 0.3 is 11.1 Å². The summed E-state index contributed by atoms with van der Waals surface area (Å²) in [6.07, 6.45) is 2.96. The Kier molecular flexibility index (Phi) is 6.43. The number of anilines is 1. The molecule has 37 heavy (non-hydrogen) atoms. The number of nitrogens with zero attached hydrogens (tertiary/aromatic N) is 7. The van der Waals surface area contributed by atoms with Gasteiger partial charge in [0, 0.05) is 30.9 Å². The predicted molar refractivity (Wildman–Crippen MR) is 130 cm³/mol. The van der Waals surface area contributed by atoms with E-state index in [1.165, 1.54) is 30.6 Å². The Bertz CT molecular complexity index is 1500. The van der Waals surface area contributed by atoms with Gasteiger partial charge in [-0.25, -0.2) is 24.4 Å². The van der Waals surface area contributed by atoms with Crippen LogP contribution in [0.25, 0.3) is 22.4 Å². The number of pyridine rings is 1. The second-order valence-corrected chi connectivity index (χ2v) is 9.09. The second-order valence-electron chi connectivity index (χ2n) is 8.03. The van der Waals surface area contributed by atoms with Gasteiger partial charge in [0.1, 0.15) is 5.82 Å². The van der Waals surface area contributed by atoms with E-state index in [-0.39, 0.29) is 34.2 Å². The summed E-state index contributed by atoms with van der Waals surface area (Å²) < 4.78 is 20.2. The Morgan fingerprint density at radius 2 is 2.11 bits per heavy atom. The van der Waals surface area contributed by atoms with Crippen molar-refractivity contribution >= 4 is 45.2 Å². The number of amides is 2. The third kappa shape index (κ3) is 4.80. The van der Waals surface area contributed by atoms with Crippen LogP contribution < -0.4 is 5.32 Å². The number of carbonyl (C=O) groups is 2. The number of nitrogens with one attached hydrogen (secondary N) is 1. The van der Waals surface area contributed by atoms with Crippen LogP contribution >= 0.6 is 11.3 Å². The molecule has 0 unspecified atom stereocenters. The zero-order chi connectivity index (χ0) is 26.1. The Labute approximate surface area is 212 Å². The van der Waals surface area contributed by atoms with Crippen molar-refractivity contribution < 1.29 is 23.6 Å². The Balaban J connectivity index is 1.53. The number of likely N-dealkylation sites (tertiary alicyclic amines) is 1. The number of thiophene rings is 1. The molecule has 1 fully saturated rings. The molecule has 1 N–H and O–H groups in total. The SMILES string of the molecule is CCOC(=O)N1CC[C@H](n2ncc3c(NC(=O)c4ccc([N+](=O)[O-])s4)nc(-c4ccc(F)nc4)nc32)C1. The van der Waals surface area contributed by atoms with Gasteiger partial charge in [-0.05, 0) is 31.5 Å². The molecule has 1 saturated heterocycles. The topological polar surface area (TPSA) is 158 Å². The highest BCUT2D eigenvalue weighted by molar-refractivity contribution is 7.17. The molecule has 2 amide bonds. The van der Waals surface area contributed by atoms with Crippen LogP contribution in [0, 0.1) is 16.1 Å². The van der Waals surface area contributed by atoms with Crippen molar-refractivity contribution in [3.8, 4) is 11.4 Å². The van der Waals surface area contributed by atoms with Crippen LogP contribution in [0.1, 0.15) is 29.1 Å². The van der Waals surface area contributed by atoms with Gasteiger partial charge in [-0.3, -0.25) is 14.9 Å². The van der Waals surface area contributed by atoms with Crippen LogP contribution in [0.5, 0.6) is 0 Å². The standard InChI is InChI=1S/C22H19FN8O5S/c1-2-36-22(33)29-8-7-13(11-29)30-20-14(10-25-30)19(26-18(27-20)12-3-5-16(23)24-9-12)28-21(32)15-4-6-17(37-15)31(34)35/h3-6,9-10,13H,2,7-8,11H2,1H3,(H,26,27,28,32)/t13-/m0/s1. The summed E-state index contributed by atoms with van der Waals surface area (Å²) in [6.45, 7) is 2.84. The predicted octanol–water partition coefficient (Wildman–Crippen LogP) is 3.65. The molecule has 0 spiro atoms. The second kappa shape index (κ2) is 9.85. The number of ether oxygens (including phenoxy) is 1. The fourth-order valence-corrected chi connectivity index (χ4v) is 4.68. The van der Waals surface area contributed by atoms with E-state index in [0.717, 1.165) is 17.4 Å². The van der Waals surface area contributed by atoms with Crippen LogP contribution in [0.2, 0.25) is 0 Å². The van der Waals surface area contributed by atoms with E-state index >= 15 is 0 Å². The summed E-state index contributed by atoms with van der Waals surface area (Å²) in [4.78, 5) is 49.9. The van der Waals surface area contributed by atoms with Crippen LogP contribution in [0.15, 0.2) is 36.7 Å². The monoisotopic (exact) mass is 526 g/mol. The van der Waals surface area contributed by atoms with Crippen molar-refractivity contribution in [3.05, 3.63) is 57.6 Å². The average Bonchev–Trinajstić information content (AvgIpc) is 3.64. The zero-order valence-corrected chi connectivity index (χ0v) is 20.1. The van der Waals surface area contributed by atoms with Crippen LogP contribution in [-0.2, 0) is 4.74 Å². The molecule has 1 aliphatic heterocycles. The summed E-state index contributed by atoms with van der Waals surface area (Å²) in [7, 11) is 0. The minimum absolute atomic E-state index is 0.122. The van der Waals surface area contributed by atoms with Gasteiger partial charge in [-0.1, -0.05) is 11.3 Å². The van der Waals surface area contributed by atoms with Crippen molar-refractivity contribution in [2.45, 2.75) is 19.4 Å². The molecule has 0 aromatic carbocycles. The molecule has 4 aromatic heterocycles. The molecule has 190 valence electrons. The Morgan fingerprint density at radius 1 is 1.27 bits per heavy atom. The lowest BCUT2D eigenvalue weighted by atomic mass is 10.2. The van der Waals surface area contributed by atoms with E-state index in [4.69, 9.17) is 4.74 Å². The molecule has 0 bridgehead atoms. The van der Waals surface area contributed by atoms with E-state index < -0.39 is 22.9 Å². The van der Waals surface area contributed by atoms with Crippen LogP contribution in [-0.4, -0.2) is 66.3 Å². The van der Waals surface area contributed by atoms with Gasteiger partial charge in [0.2, 0.25) is 5.95 Å². The molecule has 13 nitrogen and oxygen atoms in total. The summed E-state index contributed by atoms with van der Waals surface area (Å²) in [6, 6.07) is 5.01. The fourth-order valence-electron chi connectivity index (χ4n) is 3.96. The largest absolute Gasteiger partial charge is 0.450 e. The van der Waals surface area contributed by atoms with Gasteiger partial charge < -0.3 is 15.0 Å². The van der Waals surface area contributed by atoms with E-state index in [9.17, 15) is 24.1 Å². The normalized spacial score (nSPS) is 15.2. The smallest absolute Gasteiger partial charge is 0.409 e. The summed E-state index contributed by atoms with van der Waals surface area (Å²) in [5.74, 6) is -0.984. The third-order valence-corrected chi connectivity index (χ3v) is 6.74. The maximum absolute atomic E-state index is 13.4. The first-order valence-electron chi connectivity index (χ1n) is 11.2. The Morgan fingerprint density at radius 3 is 2.81 bits per heavy atom. The molecule has 15 heteroatoms. The van der Waals surface area contributed by atoms with Crippen molar-refractivity contribution in [1.29, 1.82) is 0 Å². The quantitative estimate of drug-likeness (QED) is 0.225. The van der Waals surface area contributed by atoms with Crippen molar-refractivity contribution in [1.82, 2.24) is 29.6 Å². The van der Waals surface area contributed by atoms with Crippen LogP contribution in [0.3, 0.4) is 0 Å². The van der Waals surface area contributed by atoms with Gasteiger partial charge in [-0.15, -0.1) is 0 Å². The molecular formula is C22H19FN8O5S. The maximum atomic E-state index is 13.4. The highest BCUT2D eigenvalue weighted by Crippen LogP contribution is 2.31. The minimum Gasteiger partial charge on any atom is -0.450 e. The molecule has 1 atom stereocenters. The molecule has 5 heterocycles. The average molecular weight is 527 g/mol. The van der Waals surface area contributed by atoms with Crippen molar-refractivity contribution in [2.75, 3.05) is 25.0 Å². The van der Waals surface area contributed by atoms with E-state index in [1.54, 1.807) is 16.5 Å². The maximum Gasteiger partial charge on any atom is 0.409 e. The molecule has 1 aliphatic rings. The van der Waals surface area contributed by atoms with Crippen LogP contribution in [0.4, 0.5) is 20.0 Å². The number of fused-ring (bicyclic) bond motifs is 1. The number of carbonyl (C=O) groups excluding carboxylic acids is 2. The van der Waals surface area contributed by atoms with E-state index in [2.05, 4.69) is 25.4 Å². The van der Waals surface area contributed by atoms with Gasteiger partial charge in [-0.2, -0.15) is 9.49 Å². The molecule has 0 radical (unpaired) electrons. The fraction of sp³-hybridized carbons (Fsp3) is 0.273. The number of hydrogen-bond acceptors (Lipinski definition) is 10. The Hall–Kier alpha value is -4.53. The van der Waals surface area contributed by atoms with E-state index in [0.29, 0.717) is 36.1 Å². The number of aromatic nitrogens is 5. The summed E-state index contributed by atoms with van der Waals surface area (Å²) in [5.41, 5.74) is 0.787. The number of hydrogen-bond donors (Lipinski definition) is 1. The first kappa shape index (κ1) is 24.2. The van der Waals surface area contributed by atoms with Gasteiger partial charge in [0.05, 0.1) is 34.0 Å². The summed E-state index contributed by atoms with van der Waals surface area (Å²) in [5, 5.41) is 18.4. The molecule has 0 aliphatic carbocycles. The first-order valence-corrected chi connectivity index (χ1v) is 12.0. The van der Waals surface area contributed by atoms with E-state index in [1.807, 2.05) is 0 Å². The third-order valence-electron chi connectivity index (χ3n) is 5.70.